The first-order chi connectivity index (χ1) is 27.5. The number of nitrogens with zero attached hydrogens (tertiary/aromatic N) is 6. The zero-order valence-electron chi connectivity index (χ0n) is 34.5. The molecule has 16 heteroatoms. The van der Waals surface area contributed by atoms with Crippen molar-refractivity contribution in [3.05, 3.63) is 23.8 Å². The fraction of sp³-hybridized carbons (Fsp3) is 0.902. The molecule has 2 aromatic rings. The van der Waals surface area contributed by atoms with E-state index in [2.05, 4.69) is 48.3 Å². The molecule has 2 spiro atoms. The number of aromatic nitrogens is 6. The van der Waals surface area contributed by atoms with Gasteiger partial charge in [-0.2, -0.15) is 0 Å². The van der Waals surface area contributed by atoms with E-state index < -0.39 is 35.4 Å². The van der Waals surface area contributed by atoms with E-state index in [-0.39, 0.29) is 36.3 Å². The first kappa shape index (κ1) is 39.0. The normalized spacial score (nSPS) is 47.3. The minimum Gasteiger partial charge on any atom is -0.352 e. The SMILES string of the molecule is C[C@H]1[C@H](OCCc2cn(CCCn3cc(CCO[C@@H]4O[C@@H]5O[C@]6(C)CC[C@H]7[C@H](C)CC[C@@H]([C@H]4C)[C@@]57OO6)nn3)nn2)O[C@@H]2O[C@]3(C)CC[C@H]4[C@H](C)CC[C@@H]1[C@@]24OO3. The van der Waals surface area contributed by atoms with Gasteiger partial charge >= 0.3 is 0 Å². The maximum absolute atomic E-state index is 6.57. The first-order valence-electron chi connectivity index (χ1n) is 21.9. The lowest BCUT2D eigenvalue weighted by atomic mass is 9.58. The van der Waals surface area contributed by atoms with Crippen molar-refractivity contribution >= 4 is 0 Å². The molecule has 8 aliphatic heterocycles. The third kappa shape index (κ3) is 6.63. The molecule has 0 amide bonds. The Kier molecular flexibility index (Phi) is 10.1. The summed E-state index contributed by atoms with van der Waals surface area (Å²) in [5.74, 6) is 0.882. The fourth-order valence-electron chi connectivity index (χ4n) is 12.2. The molecule has 16 atom stereocenters. The summed E-state index contributed by atoms with van der Waals surface area (Å²) in [7, 11) is 0. The van der Waals surface area contributed by atoms with Crippen LogP contribution in [0.2, 0.25) is 0 Å². The summed E-state index contributed by atoms with van der Waals surface area (Å²) in [6.07, 6.45) is 12.3. The van der Waals surface area contributed by atoms with E-state index in [0.29, 0.717) is 62.8 Å². The van der Waals surface area contributed by atoms with E-state index in [4.69, 9.17) is 48.0 Å². The van der Waals surface area contributed by atoms with Crippen molar-refractivity contribution in [1.82, 2.24) is 30.0 Å². The number of fused-ring (bicyclic) bond motifs is 4. The highest BCUT2D eigenvalue weighted by molar-refractivity contribution is 5.10. The van der Waals surface area contributed by atoms with E-state index in [1.807, 2.05) is 35.6 Å². The highest BCUT2D eigenvalue weighted by Crippen LogP contribution is 2.62. The van der Waals surface area contributed by atoms with Gasteiger partial charge < -0.3 is 28.4 Å². The molecule has 0 aromatic carbocycles. The topological polar surface area (TPSA) is 154 Å². The molecule has 8 saturated heterocycles. The van der Waals surface area contributed by atoms with Crippen LogP contribution in [0, 0.1) is 47.3 Å². The maximum Gasteiger partial charge on any atom is 0.201 e. The number of rotatable bonds is 12. The Hall–Kier alpha value is -2.12. The molecule has 10 heterocycles. The van der Waals surface area contributed by atoms with Crippen molar-refractivity contribution in [3.8, 4) is 0 Å². The second kappa shape index (κ2) is 14.8. The molecule has 16 nitrogen and oxygen atoms in total. The standard InChI is InChI=1S/C41H62N6O10/c1-24-8-10-32-26(3)34(50-36-40(32)30(24)12-16-38(5,52-36)54-56-40)48-20-14-28-22-46(44-42-28)18-7-19-47-23-29(43-45-47)15-21-49-35-27(4)33-11-9-25(2)31-13-17-39(6)53-37(51-35)41(31,33)57-55-39/h22-27,30-37H,7-21H2,1-6H3/t24-,25-,26-,27-,30+,31+,32+,33+,34-,35-,36-,37-,38+,39+,40-,41-/m1/s1. The van der Waals surface area contributed by atoms with E-state index in [1.54, 1.807) is 0 Å². The summed E-state index contributed by atoms with van der Waals surface area (Å²) in [5.41, 5.74) is 0.603. The Balaban J connectivity index is 0.671. The predicted octanol–water partition coefficient (Wildman–Crippen LogP) is 5.49. The molecule has 2 aromatic heterocycles. The molecule has 4 bridgehead atoms. The molecule has 10 fully saturated rings. The fourth-order valence-corrected chi connectivity index (χ4v) is 12.2. The zero-order valence-corrected chi connectivity index (χ0v) is 34.5. The lowest BCUT2D eigenvalue weighted by Crippen LogP contribution is -2.70. The van der Waals surface area contributed by atoms with Gasteiger partial charge in [0, 0.05) is 74.8 Å². The van der Waals surface area contributed by atoms with Crippen molar-refractivity contribution in [3.63, 3.8) is 0 Å². The van der Waals surface area contributed by atoms with E-state index in [0.717, 1.165) is 69.2 Å². The maximum atomic E-state index is 6.57. The summed E-state index contributed by atoms with van der Waals surface area (Å²) < 4.78 is 42.6. The van der Waals surface area contributed by atoms with Crippen molar-refractivity contribution < 1.29 is 48.0 Å². The molecular weight excluding hydrogens is 736 g/mol. The van der Waals surface area contributed by atoms with Gasteiger partial charge in [0.15, 0.2) is 36.4 Å². The van der Waals surface area contributed by atoms with Crippen LogP contribution in [0.4, 0.5) is 0 Å². The molecule has 10 aliphatic rings. The Morgan fingerprint density at radius 2 is 1.07 bits per heavy atom. The molecule has 0 N–H and O–H groups in total. The summed E-state index contributed by atoms with van der Waals surface area (Å²) >= 11 is 0. The smallest absolute Gasteiger partial charge is 0.201 e. The Bertz CT molecular complexity index is 1630. The quantitative estimate of drug-likeness (QED) is 0.249. The van der Waals surface area contributed by atoms with Crippen LogP contribution in [-0.2, 0) is 73.9 Å². The third-order valence-corrected chi connectivity index (χ3v) is 15.4. The molecule has 12 rings (SSSR count). The van der Waals surface area contributed by atoms with Gasteiger partial charge in [-0.05, 0) is 82.5 Å². The van der Waals surface area contributed by atoms with Gasteiger partial charge in [-0.1, -0.05) is 38.1 Å². The van der Waals surface area contributed by atoms with Crippen LogP contribution in [0.1, 0.15) is 111 Å². The minimum absolute atomic E-state index is 0.138. The number of aryl methyl sites for hydroxylation is 2. The zero-order chi connectivity index (χ0) is 39.2. The van der Waals surface area contributed by atoms with Gasteiger partial charge in [-0.3, -0.25) is 9.36 Å². The molecule has 2 saturated carbocycles. The highest BCUT2D eigenvalue weighted by atomic mass is 17.3. The summed E-state index contributed by atoms with van der Waals surface area (Å²) in [6, 6.07) is 0. The average Bonchev–Trinajstić information content (AvgIpc) is 3.70. The Labute approximate surface area is 335 Å². The van der Waals surface area contributed by atoms with Crippen LogP contribution >= 0.6 is 0 Å². The van der Waals surface area contributed by atoms with Crippen molar-refractivity contribution in [1.29, 1.82) is 0 Å². The predicted molar refractivity (Wildman–Crippen MR) is 198 cm³/mol. The molecule has 0 radical (unpaired) electrons. The molecular formula is C41H62N6O10. The van der Waals surface area contributed by atoms with Gasteiger partial charge in [0.05, 0.1) is 24.6 Å². The van der Waals surface area contributed by atoms with Crippen LogP contribution in [-0.4, -0.2) is 91.1 Å². The van der Waals surface area contributed by atoms with Crippen LogP contribution in [0.15, 0.2) is 12.4 Å². The van der Waals surface area contributed by atoms with Crippen molar-refractivity contribution in [2.75, 3.05) is 13.2 Å². The lowest BCUT2D eigenvalue weighted by Gasteiger charge is -2.60. The van der Waals surface area contributed by atoms with Crippen LogP contribution < -0.4 is 0 Å². The lowest BCUT2D eigenvalue weighted by molar-refractivity contribution is -0.577. The van der Waals surface area contributed by atoms with Crippen molar-refractivity contribution in [2.45, 2.75) is 173 Å². The highest BCUT2D eigenvalue weighted by Gasteiger charge is 2.71. The van der Waals surface area contributed by atoms with Gasteiger partial charge in [0.2, 0.25) is 11.6 Å². The Morgan fingerprint density at radius 1 is 0.614 bits per heavy atom. The molecule has 57 heavy (non-hydrogen) atoms. The number of ether oxygens (including phenoxy) is 6. The largest absolute Gasteiger partial charge is 0.352 e. The average molecular weight is 799 g/mol. The van der Waals surface area contributed by atoms with Crippen LogP contribution in [0.25, 0.3) is 0 Å². The van der Waals surface area contributed by atoms with Gasteiger partial charge in [-0.25, -0.2) is 19.6 Å². The van der Waals surface area contributed by atoms with Gasteiger partial charge in [0.1, 0.15) is 0 Å². The molecule has 0 unspecified atom stereocenters. The Morgan fingerprint density at radius 3 is 1.53 bits per heavy atom. The van der Waals surface area contributed by atoms with Crippen LogP contribution in [0.5, 0.6) is 0 Å². The van der Waals surface area contributed by atoms with E-state index in [9.17, 15) is 0 Å². The van der Waals surface area contributed by atoms with Crippen LogP contribution in [0.3, 0.4) is 0 Å². The first-order valence-corrected chi connectivity index (χ1v) is 21.9. The summed E-state index contributed by atoms with van der Waals surface area (Å²) in [4.78, 5) is 24.4. The second-order valence-electron chi connectivity index (χ2n) is 19.1. The molecule has 2 aliphatic carbocycles. The monoisotopic (exact) mass is 798 g/mol. The summed E-state index contributed by atoms with van der Waals surface area (Å²) in [6.45, 7) is 15.4. The number of hydrogen-bond acceptors (Lipinski definition) is 14. The van der Waals surface area contributed by atoms with E-state index >= 15 is 0 Å². The van der Waals surface area contributed by atoms with E-state index in [1.165, 1.54) is 0 Å². The van der Waals surface area contributed by atoms with Crippen molar-refractivity contribution in [2.24, 2.45) is 47.3 Å². The van der Waals surface area contributed by atoms with Gasteiger partial charge in [0.25, 0.3) is 0 Å². The summed E-state index contributed by atoms with van der Waals surface area (Å²) in [5, 5.41) is 17.6. The van der Waals surface area contributed by atoms with Gasteiger partial charge in [-0.15, -0.1) is 10.2 Å². The minimum atomic E-state index is -0.796. The third-order valence-electron chi connectivity index (χ3n) is 15.4. The second-order valence-corrected chi connectivity index (χ2v) is 19.1. The number of hydrogen-bond donors (Lipinski definition) is 0. The molecule has 316 valence electrons.